The van der Waals surface area contributed by atoms with E-state index in [2.05, 4.69) is 12.2 Å². The number of nitrogens with two attached hydrogens (primary N) is 1. The molecule has 1 aromatic rings. The molecule has 1 amide bonds. The highest BCUT2D eigenvalue weighted by Gasteiger charge is 2.25. The Labute approximate surface area is 101 Å². The van der Waals surface area contributed by atoms with Crippen molar-refractivity contribution >= 4 is 11.6 Å². The molecule has 92 valence electrons. The van der Waals surface area contributed by atoms with Crippen molar-refractivity contribution in [3.63, 3.8) is 0 Å². The number of hydrogen-bond donors (Lipinski definition) is 3. The Morgan fingerprint density at radius 3 is 2.88 bits per heavy atom. The van der Waals surface area contributed by atoms with E-state index in [0.29, 0.717) is 17.2 Å². The van der Waals surface area contributed by atoms with E-state index in [-0.39, 0.29) is 17.7 Å². The zero-order chi connectivity index (χ0) is 12.4. The maximum Gasteiger partial charge on any atom is 0.253 e. The SMILES string of the molecule is CC1CCCC1NC(=O)c1cc(O)ccc1N. The van der Waals surface area contributed by atoms with E-state index in [0.717, 1.165) is 19.3 Å². The molecule has 2 rings (SSSR count). The lowest BCUT2D eigenvalue weighted by Gasteiger charge is -2.17. The zero-order valence-electron chi connectivity index (χ0n) is 9.94. The summed E-state index contributed by atoms with van der Waals surface area (Å²) in [4.78, 5) is 12.0. The smallest absolute Gasteiger partial charge is 0.253 e. The molecule has 1 aliphatic rings. The van der Waals surface area contributed by atoms with Gasteiger partial charge < -0.3 is 16.2 Å². The van der Waals surface area contributed by atoms with Crippen LogP contribution in [0.5, 0.6) is 5.75 Å². The number of phenols is 1. The Morgan fingerprint density at radius 1 is 1.47 bits per heavy atom. The van der Waals surface area contributed by atoms with Gasteiger partial charge in [-0.1, -0.05) is 13.3 Å². The average Bonchev–Trinajstić information content (AvgIpc) is 2.68. The summed E-state index contributed by atoms with van der Waals surface area (Å²) in [7, 11) is 0. The largest absolute Gasteiger partial charge is 0.508 e. The molecule has 2 atom stereocenters. The van der Waals surface area contributed by atoms with Crippen LogP contribution in [0.15, 0.2) is 18.2 Å². The van der Waals surface area contributed by atoms with Crippen LogP contribution in [0.25, 0.3) is 0 Å². The maximum atomic E-state index is 12.0. The van der Waals surface area contributed by atoms with Crippen molar-refractivity contribution in [1.29, 1.82) is 0 Å². The first-order valence-electron chi connectivity index (χ1n) is 5.97. The number of rotatable bonds is 2. The molecule has 0 aromatic heterocycles. The highest BCUT2D eigenvalue weighted by molar-refractivity contribution is 5.99. The van der Waals surface area contributed by atoms with Crippen LogP contribution in [0.4, 0.5) is 5.69 Å². The predicted molar refractivity (Wildman–Crippen MR) is 66.8 cm³/mol. The second-order valence-electron chi connectivity index (χ2n) is 4.76. The van der Waals surface area contributed by atoms with Crippen LogP contribution in [0, 0.1) is 5.92 Å². The molecule has 1 saturated carbocycles. The monoisotopic (exact) mass is 234 g/mol. The van der Waals surface area contributed by atoms with Crippen LogP contribution < -0.4 is 11.1 Å². The number of phenolic OH excluding ortho intramolecular Hbond substituents is 1. The van der Waals surface area contributed by atoms with Gasteiger partial charge in [-0.25, -0.2) is 0 Å². The fourth-order valence-corrected chi connectivity index (χ4v) is 2.35. The Balaban J connectivity index is 2.11. The first-order chi connectivity index (χ1) is 8.08. The van der Waals surface area contributed by atoms with Crippen molar-refractivity contribution < 1.29 is 9.90 Å². The lowest BCUT2D eigenvalue weighted by atomic mass is 10.1. The van der Waals surface area contributed by atoms with E-state index in [1.54, 1.807) is 6.07 Å². The van der Waals surface area contributed by atoms with Gasteiger partial charge in [-0.15, -0.1) is 0 Å². The number of carbonyl (C=O) groups is 1. The Hall–Kier alpha value is -1.71. The Bertz CT molecular complexity index is 431. The van der Waals surface area contributed by atoms with Crippen molar-refractivity contribution in [3.05, 3.63) is 23.8 Å². The number of carbonyl (C=O) groups excluding carboxylic acids is 1. The molecule has 17 heavy (non-hydrogen) atoms. The van der Waals surface area contributed by atoms with Gasteiger partial charge in [0, 0.05) is 11.7 Å². The standard InChI is InChI=1S/C13H18N2O2/c1-8-3-2-4-12(8)15-13(17)10-7-9(16)5-6-11(10)14/h5-8,12,16H,2-4,14H2,1H3,(H,15,17). The number of nitrogens with one attached hydrogen (secondary N) is 1. The number of aromatic hydroxyl groups is 1. The maximum absolute atomic E-state index is 12.0. The highest BCUT2D eigenvalue weighted by Crippen LogP contribution is 2.26. The third-order valence-electron chi connectivity index (χ3n) is 3.46. The van der Waals surface area contributed by atoms with Gasteiger partial charge in [-0.3, -0.25) is 4.79 Å². The molecule has 0 saturated heterocycles. The minimum absolute atomic E-state index is 0.0591. The number of hydrogen-bond acceptors (Lipinski definition) is 3. The highest BCUT2D eigenvalue weighted by atomic mass is 16.3. The molecule has 4 heteroatoms. The number of amides is 1. The van der Waals surface area contributed by atoms with Gasteiger partial charge in [0.1, 0.15) is 5.75 Å². The van der Waals surface area contributed by atoms with Crippen molar-refractivity contribution in [2.75, 3.05) is 5.73 Å². The fourth-order valence-electron chi connectivity index (χ4n) is 2.35. The Kier molecular flexibility index (Phi) is 3.22. The molecular weight excluding hydrogens is 216 g/mol. The molecule has 4 N–H and O–H groups in total. The molecule has 1 aliphatic carbocycles. The lowest BCUT2D eigenvalue weighted by Crippen LogP contribution is -2.36. The van der Waals surface area contributed by atoms with Crippen LogP contribution in [-0.4, -0.2) is 17.1 Å². The second kappa shape index (κ2) is 4.65. The molecule has 0 aliphatic heterocycles. The first-order valence-corrected chi connectivity index (χ1v) is 5.97. The quantitative estimate of drug-likeness (QED) is 0.540. The summed E-state index contributed by atoms with van der Waals surface area (Å²) in [5.74, 6) is 0.374. The van der Waals surface area contributed by atoms with Gasteiger partial charge in [0.05, 0.1) is 5.56 Å². The van der Waals surface area contributed by atoms with Crippen molar-refractivity contribution in [3.8, 4) is 5.75 Å². The van der Waals surface area contributed by atoms with E-state index < -0.39 is 0 Å². The van der Waals surface area contributed by atoms with Gasteiger partial charge >= 0.3 is 0 Å². The Morgan fingerprint density at radius 2 is 2.24 bits per heavy atom. The summed E-state index contributed by atoms with van der Waals surface area (Å²) in [5, 5.41) is 12.3. The van der Waals surface area contributed by atoms with E-state index in [9.17, 15) is 9.90 Å². The fraction of sp³-hybridized carbons (Fsp3) is 0.462. The van der Waals surface area contributed by atoms with E-state index in [4.69, 9.17) is 5.73 Å². The van der Waals surface area contributed by atoms with Gasteiger partial charge in [0.2, 0.25) is 0 Å². The topological polar surface area (TPSA) is 75.3 Å². The summed E-state index contributed by atoms with van der Waals surface area (Å²) in [6, 6.07) is 4.65. The first kappa shape index (κ1) is 11.8. The second-order valence-corrected chi connectivity index (χ2v) is 4.76. The molecule has 1 fully saturated rings. The van der Waals surface area contributed by atoms with Crippen LogP contribution in [0.3, 0.4) is 0 Å². The van der Waals surface area contributed by atoms with Crippen molar-refractivity contribution in [1.82, 2.24) is 5.32 Å². The molecule has 4 nitrogen and oxygen atoms in total. The molecule has 0 bridgehead atoms. The molecular formula is C13H18N2O2. The van der Waals surface area contributed by atoms with Gasteiger partial charge in [-0.05, 0) is 37.0 Å². The normalized spacial score (nSPS) is 23.6. The number of benzene rings is 1. The van der Waals surface area contributed by atoms with E-state index >= 15 is 0 Å². The van der Waals surface area contributed by atoms with Gasteiger partial charge in [0.25, 0.3) is 5.91 Å². The summed E-state index contributed by atoms with van der Waals surface area (Å²) < 4.78 is 0. The van der Waals surface area contributed by atoms with E-state index in [1.807, 2.05) is 0 Å². The van der Waals surface area contributed by atoms with Crippen LogP contribution >= 0.6 is 0 Å². The average molecular weight is 234 g/mol. The van der Waals surface area contributed by atoms with Crippen LogP contribution in [-0.2, 0) is 0 Å². The van der Waals surface area contributed by atoms with Gasteiger partial charge in [0.15, 0.2) is 0 Å². The van der Waals surface area contributed by atoms with Crippen LogP contribution in [0.2, 0.25) is 0 Å². The third-order valence-corrected chi connectivity index (χ3v) is 3.46. The van der Waals surface area contributed by atoms with Crippen LogP contribution in [0.1, 0.15) is 36.5 Å². The predicted octanol–water partition coefficient (Wildman–Crippen LogP) is 1.89. The molecule has 0 radical (unpaired) electrons. The number of anilines is 1. The summed E-state index contributed by atoms with van der Waals surface area (Å²) in [5.41, 5.74) is 6.47. The zero-order valence-corrected chi connectivity index (χ0v) is 9.94. The van der Waals surface area contributed by atoms with Gasteiger partial charge in [-0.2, -0.15) is 0 Å². The summed E-state index contributed by atoms with van der Waals surface area (Å²) in [6.07, 6.45) is 3.33. The molecule has 1 aromatic carbocycles. The molecule has 2 unspecified atom stereocenters. The minimum atomic E-state index is -0.197. The van der Waals surface area contributed by atoms with Crippen molar-refractivity contribution in [2.45, 2.75) is 32.2 Å². The van der Waals surface area contributed by atoms with Crippen molar-refractivity contribution in [2.24, 2.45) is 5.92 Å². The third kappa shape index (κ3) is 2.52. The lowest BCUT2D eigenvalue weighted by molar-refractivity contribution is 0.0930. The minimum Gasteiger partial charge on any atom is -0.508 e. The summed E-state index contributed by atoms with van der Waals surface area (Å²) >= 11 is 0. The number of nitrogen functional groups attached to an aromatic ring is 1. The molecule has 0 heterocycles. The van der Waals surface area contributed by atoms with E-state index in [1.165, 1.54) is 12.1 Å². The molecule has 0 spiro atoms. The summed E-state index contributed by atoms with van der Waals surface area (Å²) in [6.45, 7) is 2.14.